The van der Waals surface area contributed by atoms with E-state index in [0.717, 1.165) is 6.42 Å². The second-order valence-corrected chi connectivity index (χ2v) is 2.82. The van der Waals surface area contributed by atoms with Crippen molar-refractivity contribution in [3.8, 4) is 11.8 Å². The largest absolute Gasteiger partial charge is 0.476 e. The number of anilines is 1. The zero-order chi connectivity index (χ0) is 11.1. The molecule has 1 aromatic heterocycles. The molecule has 3 N–H and O–H groups in total. The lowest BCUT2D eigenvalue weighted by atomic mass is 10.5. The molecule has 84 valence electrons. The van der Waals surface area contributed by atoms with E-state index in [2.05, 4.69) is 9.97 Å². The van der Waals surface area contributed by atoms with Crippen molar-refractivity contribution in [2.75, 3.05) is 25.6 Å². The normalized spacial score (nSPS) is 10.0. The first kappa shape index (κ1) is 11.5. The number of aliphatic hydroxyl groups is 1. The zero-order valence-electron chi connectivity index (χ0n) is 8.64. The maximum atomic E-state index is 8.59. The lowest BCUT2D eigenvalue weighted by molar-refractivity contribution is 0.196. The van der Waals surface area contributed by atoms with Crippen LogP contribution in [0.1, 0.15) is 13.3 Å². The van der Waals surface area contributed by atoms with Crippen molar-refractivity contribution in [1.82, 2.24) is 9.97 Å². The Morgan fingerprint density at radius 1 is 1.27 bits per heavy atom. The topological polar surface area (TPSA) is 90.5 Å². The standard InChI is InChI=1S/C9H15N3O3/c1-2-4-14-8-7(10)9(12-6-11-8)15-5-3-13/h6,13H,2-5,10H2,1H3. The summed E-state index contributed by atoms with van der Waals surface area (Å²) < 4.78 is 10.4. The van der Waals surface area contributed by atoms with Crippen LogP contribution in [0.2, 0.25) is 0 Å². The number of hydrogen-bond acceptors (Lipinski definition) is 6. The van der Waals surface area contributed by atoms with Crippen LogP contribution in [0.4, 0.5) is 5.69 Å². The summed E-state index contributed by atoms with van der Waals surface area (Å²) in [6.45, 7) is 2.59. The van der Waals surface area contributed by atoms with Crippen LogP contribution in [0.15, 0.2) is 6.33 Å². The fourth-order valence-electron chi connectivity index (χ4n) is 0.935. The van der Waals surface area contributed by atoms with Gasteiger partial charge in [0.2, 0.25) is 11.8 Å². The number of nitrogen functional groups attached to an aromatic ring is 1. The van der Waals surface area contributed by atoms with Crippen LogP contribution in [-0.2, 0) is 0 Å². The van der Waals surface area contributed by atoms with E-state index in [4.69, 9.17) is 20.3 Å². The van der Waals surface area contributed by atoms with E-state index in [-0.39, 0.29) is 24.8 Å². The van der Waals surface area contributed by atoms with Crippen LogP contribution < -0.4 is 15.2 Å². The molecule has 0 spiro atoms. The third kappa shape index (κ3) is 3.25. The van der Waals surface area contributed by atoms with Crippen LogP contribution in [0.25, 0.3) is 0 Å². The Hall–Kier alpha value is -1.56. The highest BCUT2D eigenvalue weighted by atomic mass is 16.5. The number of nitrogens with zero attached hydrogens (tertiary/aromatic N) is 2. The van der Waals surface area contributed by atoms with E-state index >= 15 is 0 Å². The van der Waals surface area contributed by atoms with E-state index < -0.39 is 0 Å². The zero-order valence-corrected chi connectivity index (χ0v) is 8.64. The molecule has 0 aliphatic rings. The molecule has 0 aromatic carbocycles. The van der Waals surface area contributed by atoms with Gasteiger partial charge in [-0.3, -0.25) is 0 Å². The molecule has 0 bridgehead atoms. The van der Waals surface area contributed by atoms with Gasteiger partial charge >= 0.3 is 0 Å². The lowest BCUT2D eigenvalue weighted by Crippen LogP contribution is -2.08. The molecule has 1 rings (SSSR count). The van der Waals surface area contributed by atoms with E-state index in [1.807, 2.05) is 6.92 Å². The molecular weight excluding hydrogens is 198 g/mol. The average Bonchev–Trinajstić information content (AvgIpc) is 2.26. The first-order chi connectivity index (χ1) is 7.29. The second-order valence-electron chi connectivity index (χ2n) is 2.82. The molecule has 15 heavy (non-hydrogen) atoms. The minimum absolute atomic E-state index is 0.0887. The van der Waals surface area contributed by atoms with Gasteiger partial charge in [-0.25, -0.2) is 0 Å². The van der Waals surface area contributed by atoms with Gasteiger partial charge in [0.1, 0.15) is 12.9 Å². The Morgan fingerprint density at radius 2 is 1.87 bits per heavy atom. The molecule has 0 saturated heterocycles. The van der Waals surface area contributed by atoms with E-state index in [1.54, 1.807) is 0 Å². The summed E-state index contributed by atoms with van der Waals surface area (Å²) in [5.74, 6) is 0.560. The summed E-state index contributed by atoms with van der Waals surface area (Å²) >= 11 is 0. The molecule has 6 heteroatoms. The maximum absolute atomic E-state index is 8.59. The molecule has 0 radical (unpaired) electrons. The monoisotopic (exact) mass is 213 g/mol. The Morgan fingerprint density at radius 3 is 2.40 bits per heavy atom. The van der Waals surface area contributed by atoms with Gasteiger partial charge in [-0.2, -0.15) is 9.97 Å². The van der Waals surface area contributed by atoms with Gasteiger partial charge in [-0.15, -0.1) is 0 Å². The first-order valence-electron chi connectivity index (χ1n) is 4.76. The smallest absolute Gasteiger partial charge is 0.244 e. The van der Waals surface area contributed by atoms with E-state index in [0.29, 0.717) is 12.5 Å². The number of ether oxygens (including phenoxy) is 2. The molecule has 1 aromatic rings. The van der Waals surface area contributed by atoms with Crippen LogP contribution in [0, 0.1) is 0 Å². The number of rotatable bonds is 6. The minimum atomic E-state index is -0.0887. The predicted octanol–water partition coefficient (Wildman–Crippen LogP) is 0.219. The number of aromatic nitrogens is 2. The summed E-state index contributed by atoms with van der Waals surface area (Å²) in [6.07, 6.45) is 2.18. The number of aliphatic hydroxyl groups excluding tert-OH is 1. The molecule has 6 nitrogen and oxygen atoms in total. The van der Waals surface area contributed by atoms with Crippen molar-refractivity contribution in [3.05, 3.63) is 6.33 Å². The summed E-state index contributed by atoms with van der Waals surface area (Å²) in [5, 5.41) is 8.59. The van der Waals surface area contributed by atoms with Crippen molar-refractivity contribution < 1.29 is 14.6 Å². The van der Waals surface area contributed by atoms with Gasteiger partial charge < -0.3 is 20.3 Å². The minimum Gasteiger partial charge on any atom is -0.476 e. The third-order valence-electron chi connectivity index (χ3n) is 1.58. The lowest BCUT2D eigenvalue weighted by Gasteiger charge is -2.09. The predicted molar refractivity (Wildman–Crippen MR) is 54.8 cm³/mol. The van der Waals surface area contributed by atoms with Gasteiger partial charge in [-0.1, -0.05) is 6.92 Å². The molecule has 0 atom stereocenters. The maximum Gasteiger partial charge on any atom is 0.244 e. The Kier molecular flexibility index (Phi) is 4.62. The average molecular weight is 213 g/mol. The van der Waals surface area contributed by atoms with E-state index in [9.17, 15) is 0 Å². The third-order valence-corrected chi connectivity index (χ3v) is 1.58. The summed E-state index contributed by atoms with van der Waals surface area (Å²) in [7, 11) is 0. The highest BCUT2D eigenvalue weighted by molar-refractivity contribution is 5.55. The fourth-order valence-corrected chi connectivity index (χ4v) is 0.935. The van der Waals surface area contributed by atoms with Crippen molar-refractivity contribution in [3.63, 3.8) is 0 Å². The van der Waals surface area contributed by atoms with Crippen molar-refractivity contribution in [2.24, 2.45) is 0 Å². The Balaban J connectivity index is 2.71. The second kappa shape index (κ2) is 6.02. The first-order valence-corrected chi connectivity index (χ1v) is 4.76. The van der Waals surface area contributed by atoms with Crippen molar-refractivity contribution >= 4 is 5.69 Å². The molecule has 0 aliphatic heterocycles. The molecule has 0 aliphatic carbocycles. The van der Waals surface area contributed by atoms with Gasteiger partial charge in [0.15, 0.2) is 5.69 Å². The molecule has 0 fully saturated rings. The van der Waals surface area contributed by atoms with Gasteiger partial charge in [0.05, 0.1) is 13.2 Å². The summed E-state index contributed by atoms with van der Waals surface area (Å²) in [6, 6.07) is 0. The quantitative estimate of drug-likeness (QED) is 0.702. The van der Waals surface area contributed by atoms with Crippen LogP contribution in [-0.4, -0.2) is 34.9 Å². The van der Waals surface area contributed by atoms with Crippen LogP contribution in [0.3, 0.4) is 0 Å². The van der Waals surface area contributed by atoms with Gasteiger partial charge in [0.25, 0.3) is 0 Å². The highest BCUT2D eigenvalue weighted by Gasteiger charge is 2.09. The summed E-state index contributed by atoms with van der Waals surface area (Å²) in [4.78, 5) is 7.72. The molecule has 1 heterocycles. The highest BCUT2D eigenvalue weighted by Crippen LogP contribution is 2.26. The van der Waals surface area contributed by atoms with E-state index in [1.165, 1.54) is 6.33 Å². The molecular formula is C9H15N3O3. The van der Waals surface area contributed by atoms with Gasteiger partial charge in [-0.05, 0) is 6.42 Å². The van der Waals surface area contributed by atoms with Crippen LogP contribution >= 0.6 is 0 Å². The van der Waals surface area contributed by atoms with Crippen LogP contribution in [0.5, 0.6) is 11.8 Å². The molecule has 0 saturated carbocycles. The Labute approximate surface area is 88.1 Å². The fraction of sp³-hybridized carbons (Fsp3) is 0.556. The van der Waals surface area contributed by atoms with Crippen molar-refractivity contribution in [1.29, 1.82) is 0 Å². The molecule has 0 unspecified atom stereocenters. The van der Waals surface area contributed by atoms with Gasteiger partial charge in [0, 0.05) is 0 Å². The summed E-state index contributed by atoms with van der Waals surface area (Å²) in [5.41, 5.74) is 5.97. The Bertz CT molecular complexity index is 280. The number of nitrogens with two attached hydrogens (primary N) is 1. The molecule has 0 amide bonds. The SMILES string of the molecule is CCCOc1ncnc(OCCO)c1N. The van der Waals surface area contributed by atoms with Crippen molar-refractivity contribution in [2.45, 2.75) is 13.3 Å². The number of hydrogen-bond donors (Lipinski definition) is 2.